The summed E-state index contributed by atoms with van der Waals surface area (Å²) >= 11 is 0. The lowest BCUT2D eigenvalue weighted by Gasteiger charge is -2.20. The van der Waals surface area contributed by atoms with Crippen molar-refractivity contribution in [1.29, 1.82) is 0 Å². The summed E-state index contributed by atoms with van der Waals surface area (Å²) in [5.74, 6) is 0.0346. The highest BCUT2D eigenvalue weighted by atomic mass is 19.1. The van der Waals surface area contributed by atoms with Crippen LogP contribution in [0.1, 0.15) is 12.5 Å². The van der Waals surface area contributed by atoms with Gasteiger partial charge in [0, 0.05) is 11.3 Å². The van der Waals surface area contributed by atoms with Gasteiger partial charge >= 0.3 is 0 Å². The summed E-state index contributed by atoms with van der Waals surface area (Å²) in [6.45, 7) is 1.66. The molecule has 1 amide bonds. The number of amides is 1. The molecular weight excluding hydrogens is 271 g/mol. The minimum atomic E-state index is -1.14. The third-order valence-electron chi connectivity index (χ3n) is 3.74. The lowest BCUT2D eigenvalue weighted by atomic mass is 9.95. The first kappa shape index (κ1) is 13.6. The van der Waals surface area contributed by atoms with Gasteiger partial charge in [-0.05, 0) is 49.4 Å². The number of hydrogen-bond donors (Lipinski definition) is 1. The van der Waals surface area contributed by atoms with Crippen molar-refractivity contribution in [3.8, 4) is 5.75 Å². The number of methoxy groups -OCH3 is 1. The Morgan fingerprint density at radius 1 is 1.19 bits per heavy atom. The van der Waals surface area contributed by atoms with E-state index in [1.54, 1.807) is 44.4 Å². The molecule has 2 aromatic rings. The van der Waals surface area contributed by atoms with Crippen molar-refractivity contribution in [2.75, 3.05) is 12.0 Å². The van der Waals surface area contributed by atoms with Crippen LogP contribution >= 0.6 is 0 Å². The highest BCUT2D eigenvalue weighted by Gasteiger charge is 2.45. The van der Waals surface area contributed by atoms with E-state index in [1.807, 2.05) is 0 Å². The van der Waals surface area contributed by atoms with Gasteiger partial charge in [-0.25, -0.2) is 4.39 Å². The topological polar surface area (TPSA) is 55.6 Å². The summed E-state index contributed by atoms with van der Waals surface area (Å²) in [6.07, 6.45) is 0. The van der Waals surface area contributed by atoms with Crippen molar-refractivity contribution in [3.63, 3.8) is 0 Å². The Labute approximate surface area is 121 Å². The van der Waals surface area contributed by atoms with Crippen LogP contribution in [0.15, 0.2) is 42.5 Å². The number of carbonyl (C=O) groups excluding carboxylic acids is 1. The van der Waals surface area contributed by atoms with Crippen LogP contribution in [-0.2, 0) is 10.3 Å². The van der Waals surface area contributed by atoms with E-state index in [4.69, 9.17) is 10.5 Å². The van der Waals surface area contributed by atoms with E-state index in [0.29, 0.717) is 22.7 Å². The Balaban J connectivity index is 2.17. The van der Waals surface area contributed by atoms with E-state index in [9.17, 15) is 9.18 Å². The van der Waals surface area contributed by atoms with Gasteiger partial charge in [-0.2, -0.15) is 0 Å². The number of ether oxygens (including phenoxy) is 1. The molecule has 0 saturated heterocycles. The monoisotopic (exact) mass is 286 g/mol. The number of benzene rings is 2. The number of anilines is 2. The van der Waals surface area contributed by atoms with Crippen molar-refractivity contribution in [2.45, 2.75) is 12.5 Å². The zero-order valence-electron chi connectivity index (χ0n) is 11.8. The normalized spacial score (nSPS) is 20.6. The van der Waals surface area contributed by atoms with Crippen LogP contribution in [0.25, 0.3) is 0 Å². The second kappa shape index (κ2) is 4.56. The summed E-state index contributed by atoms with van der Waals surface area (Å²) in [5.41, 5.74) is 7.02. The maximum absolute atomic E-state index is 13.1. The van der Waals surface area contributed by atoms with E-state index in [2.05, 4.69) is 0 Å². The fourth-order valence-corrected chi connectivity index (χ4v) is 2.56. The van der Waals surface area contributed by atoms with E-state index in [0.717, 1.165) is 0 Å². The molecule has 0 aromatic heterocycles. The lowest BCUT2D eigenvalue weighted by molar-refractivity contribution is -0.121. The molecule has 1 aliphatic rings. The van der Waals surface area contributed by atoms with E-state index >= 15 is 0 Å². The molecule has 0 spiro atoms. The Kier molecular flexibility index (Phi) is 2.95. The smallest absolute Gasteiger partial charge is 0.256 e. The van der Waals surface area contributed by atoms with Gasteiger partial charge in [0.2, 0.25) is 0 Å². The molecule has 0 aliphatic carbocycles. The number of fused-ring (bicyclic) bond motifs is 1. The van der Waals surface area contributed by atoms with Crippen molar-refractivity contribution in [3.05, 3.63) is 53.8 Å². The van der Waals surface area contributed by atoms with Crippen LogP contribution in [0.4, 0.5) is 15.8 Å². The highest BCUT2D eigenvalue weighted by Crippen LogP contribution is 2.44. The maximum Gasteiger partial charge on any atom is 0.256 e. The molecule has 0 saturated carbocycles. The standard InChI is InChI=1S/C16H15FN2O2/c1-16(18)13-9-12(21-2)7-8-14(13)19(15(16)20)11-5-3-10(17)4-6-11/h3-9H,18H2,1-2H3/t16-/m0/s1. The molecule has 3 rings (SSSR count). The number of carbonyl (C=O) groups is 1. The molecule has 1 aliphatic heterocycles. The summed E-state index contributed by atoms with van der Waals surface area (Å²) in [6, 6.07) is 11.1. The number of hydrogen-bond acceptors (Lipinski definition) is 3. The lowest BCUT2D eigenvalue weighted by Crippen LogP contribution is -2.43. The van der Waals surface area contributed by atoms with Gasteiger partial charge < -0.3 is 10.5 Å². The van der Waals surface area contributed by atoms with Crippen LogP contribution in [0.5, 0.6) is 5.75 Å². The average Bonchev–Trinajstić information content (AvgIpc) is 2.68. The Morgan fingerprint density at radius 3 is 2.48 bits per heavy atom. The van der Waals surface area contributed by atoms with Crippen molar-refractivity contribution >= 4 is 17.3 Å². The first-order chi connectivity index (χ1) is 9.95. The molecule has 2 N–H and O–H groups in total. The summed E-state index contributed by atoms with van der Waals surface area (Å²) in [4.78, 5) is 14.1. The van der Waals surface area contributed by atoms with Crippen LogP contribution in [0.3, 0.4) is 0 Å². The van der Waals surface area contributed by atoms with Gasteiger partial charge in [0.1, 0.15) is 17.1 Å². The molecular formula is C16H15FN2O2. The zero-order valence-corrected chi connectivity index (χ0v) is 11.8. The largest absolute Gasteiger partial charge is 0.497 e. The minimum Gasteiger partial charge on any atom is -0.497 e. The van der Waals surface area contributed by atoms with Gasteiger partial charge in [0.05, 0.1) is 12.8 Å². The molecule has 1 atom stereocenters. The predicted octanol–water partition coefficient (Wildman–Crippen LogP) is 2.69. The molecule has 0 fully saturated rings. The Hall–Kier alpha value is -2.40. The highest BCUT2D eigenvalue weighted by molar-refractivity contribution is 6.12. The van der Waals surface area contributed by atoms with Gasteiger partial charge in [0.15, 0.2) is 0 Å². The number of nitrogens with zero attached hydrogens (tertiary/aromatic N) is 1. The average molecular weight is 286 g/mol. The molecule has 5 heteroatoms. The second-order valence-corrected chi connectivity index (χ2v) is 5.20. The fourth-order valence-electron chi connectivity index (χ4n) is 2.56. The zero-order chi connectivity index (χ0) is 15.2. The van der Waals surface area contributed by atoms with Crippen molar-refractivity contribution in [1.82, 2.24) is 0 Å². The number of nitrogens with two attached hydrogens (primary N) is 1. The Bertz CT molecular complexity index is 711. The van der Waals surface area contributed by atoms with Gasteiger partial charge in [-0.1, -0.05) is 0 Å². The third kappa shape index (κ3) is 1.97. The first-order valence-corrected chi connectivity index (χ1v) is 6.52. The molecule has 21 heavy (non-hydrogen) atoms. The minimum absolute atomic E-state index is 0.252. The Morgan fingerprint density at radius 2 is 1.86 bits per heavy atom. The van der Waals surface area contributed by atoms with Crippen LogP contribution in [-0.4, -0.2) is 13.0 Å². The molecule has 1 heterocycles. The summed E-state index contributed by atoms with van der Waals surface area (Å²) < 4.78 is 18.3. The van der Waals surface area contributed by atoms with Crippen LogP contribution in [0.2, 0.25) is 0 Å². The van der Waals surface area contributed by atoms with Gasteiger partial charge in [-0.3, -0.25) is 9.69 Å². The SMILES string of the molecule is COc1ccc2c(c1)[C@](C)(N)C(=O)N2c1ccc(F)cc1. The van der Waals surface area contributed by atoms with Crippen molar-refractivity contribution < 1.29 is 13.9 Å². The van der Waals surface area contributed by atoms with Crippen molar-refractivity contribution in [2.24, 2.45) is 5.73 Å². The van der Waals surface area contributed by atoms with Crippen LogP contribution < -0.4 is 15.4 Å². The predicted molar refractivity (Wildman–Crippen MR) is 78.1 cm³/mol. The van der Waals surface area contributed by atoms with E-state index in [-0.39, 0.29) is 11.7 Å². The molecule has 0 bridgehead atoms. The first-order valence-electron chi connectivity index (χ1n) is 6.52. The second-order valence-electron chi connectivity index (χ2n) is 5.20. The number of rotatable bonds is 2. The number of halogens is 1. The molecule has 2 aromatic carbocycles. The van der Waals surface area contributed by atoms with E-state index < -0.39 is 5.54 Å². The van der Waals surface area contributed by atoms with E-state index in [1.165, 1.54) is 17.0 Å². The van der Waals surface area contributed by atoms with Gasteiger partial charge in [0.25, 0.3) is 5.91 Å². The maximum atomic E-state index is 13.1. The van der Waals surface area contributed by atoms with Crippen LogP contribution in [0, 0.1) is 5.82 Å². The molecule has 0 radical (unpaired) electrons. The van der Waals surface area contributed by atoms with Gasteiger partial charge in [-0.15, -0.1) is 0 Å². The fraction of sp³-hybridized carbons (Fsp3) is 0.188. The summed E-state index contributed by atoms with van der Waals surface area (Å²) in [7, 11) is 1.56. The third-order valence-corrected chi connectivity index (χ3v) is 3.74. The molecule has 108 valence electrons. The quantitative estimate of drug-likeness (QED) is 0.923. The molecule has 0 unspecified atom stereocenters. The summed E-state index contributed by atoms with van der Waals surface area (Å²) in [5, 5.41) is 0. The molecule has 4 nitrogen and oxygen atoms in total.